The number of hydrogen-bond acceptors (Lipinski definition) is 5. The molecule has 2 aliphatic rings. The molecule has 0 saturated carbocycles. The predicted molar refractivity (Wildman–Crippen MR) is 137 cm³/mol. The molecular formula is C29H29N5O2. The number of rotatable bonds is 5. The fraction of sp³-hybridized carbons (Fsp3) is 0.345. The Hall–Kier alpha value is -3.87. The maximum Gasteiger partial charge on any atom is 0.253 e. The van der Waals surface area contributed by atoms with E-state index in [0.29, 0.717) is 37.9 Å². The summed E-state index contributed by atoms with van der Waals surface area (Å²) in [6, 6.07) is 13.5. The number of benzene rings is 1. The van der Waals surface area contributed by atoms with Gasteiger partial charge < -0.3 is 9.47 Å². The number of amides is 1. The molecule has 5 heterocycles. The zero-order chi connectivity index (χ0) is 24.5. The summed E-state index contributed by atoms with van der Waals surface area (Å²) in [7, 11) is 0. The Bertz CT molecular complexity index is 1420. The highest BCUT2D eigenvalue weighted by Gasteiger charge is 2.28. The quantitative estimate of drug-likeness (QED) is 0.421. The van der Waals surface area contributed by atoms with Crippen LogP contribution in [0.2, 0.25) is 0 Å². The molecule has 1 aromatic carbocycles. The number of nitrogens with zero attached hydrogens (tertiary/aromatic N) is 5. The third-order valence-electron chi connectivity index (χ3n) is 7.50. The van der Waals surface area contributed by atoms with E-state index < -0.39 is 0 Å². The number of aryl methyl sites for hydroxylation is 1. The molecule has 0 N–H and O–H groups in total. The van der Waals surface area contributed by atoms with E-state index in [1.165, 1.54) is 12.8 Å². The number of aromatic nitrogens is 4. The number of fused-ring (bicyclic) bond motifs is 2. The Morgan fingerprint density at radius 3 is 2.56 bits per heavy atom. The van der Waals surface area contributed by atoms with Crippen molar-refractivity contribution in [3.05, 3.63) is 78.1 Å². The van der Waals surface area contributed by atoms with Crippen LogP contribution in [0.25, 0.3) is 22.2 Å². The number of carbonyl (C=O) groups is 2. The summed E-state index contributed by atoms with van der Waals surface area (Å²) in [6.07, 6.45) is 10.7. The maximum absolute atomic E-state index is 13.1. The third kappa shape index (κ3) is 4.41. The Morgan fingerprint density at radius 1 is 0.889 bits per heavy atom. The fourth-order valence-corrected chi connectivity index (χ4v) is 5.45. The molecule has 2 aliphatic heterocycles. The number of Topliss-reactive ketones (excluding diaryl/α,β-unsaturated/α-hetero) is 1. The number of hydrogen-bond donors (Lipinski definition) is 0. The molecule has 6 rings (SSSR count). The van der Waals surface area contributed by atoms with Crippen LogP contribution < -0.4 is 0 Å². The van der Waals surface area contributed by atoms with Gasteiger partial charge in [-0.25, -0.2) is 4.98 Å². The van der Waals surface area contributed by atoms with Crippen LogP contribution in [0.4, 0.5) is 0 Å². The van der Waals surface area contributed by atoms with Crippen molar-refractivity contribution in [2.24, 2.45) is 5.92 Å². The van der Waals surface area contributed by atoms with E-state index in [2.05, 4.69) is 25.6 Å². The lowest BCUT2D eigenvalue weighted by Crippen LogP contribution is -2.40. The van der Waals surface area contributed by atoms with E-state index in [1.54, 1.807) is 6.20 Å². The van der Waals surface area contributed by atoms with Crippen LogP contribution in [0.1, 0.15) is 47.6 Å². The summed E-state index contributed by atoms with van der Waals surface area (Å²) >= 11 is 0. The van der Waals surface area contributed by atoms with Crippen molar-refractivity contribution in [2.45, 2.75) is 45.1 Å². The van der Waals surface area contributed by atoms with E-state index in [1.807, 2.05) is 53.7 Å². The number of ketones is 1. The van der Waals surface area contributed by atoms with Gasteiger partial charge in [0.25, 0.3) is 5.91 Å². The molecule has 0 spiro atoms. The van der Waals surface area contributed by atoms with E-state index in [0.717, 1.165) is 46.6 Å². The van der Waals surface area contributed by atoms with Gasteiger partial charge in [-0.1, -0.05) is 18.2 Å². The van der Waals surface area contributed by atoms with Crippen molar-refractivity contribution in [3.63, 3.8) is 0 Å². The van der Waals surface area contributed by atoms with Gasteiger partial charge in [0, 0.05) is 66.8 Å². The molecule has 0 unspecified atom stereocenters. The smallest absolute Gasteiger partial charge is 0.253 e. The number of likely N-dealkylation sites (tertiary alicyclic amines) is 1. The van der Waals surface area contributed by atoms with E-state index in [4.69, 9.17) is 0 Å². The van der Waals surface area contributed by atoms with Gasteiger partial charge in [0.15, 0.2) is 0 Å². The number of piperidine rings is 1. The lowest BCUT2D eigenvalue weighted by Gasteiger charge is -2.31. The molecule has 3 aromatic heterocycles. The van der Waals surface area contributed by atoms with E-state index in [9.17, 15) is 9.59 Å². The van der Waals surface area contributed by atoms with Crippen molar-refractivity contribution < 1.29 is 9.59 Å². The van der Waals surface area contributed by atoms with Crippen LogP contribution >= 0.6 is 0 Å². The highest BCUT2D eigenvalue weighted by molar-refractivity contribution is 5.94. The zero-order valence-corrected chi connectivity index (χ0v) is 20.3. The van der Waals surface area contributed by atoms with Crippen LogP contribution in [-0.2, 0) is 24.2 Å². The van der Waals surface area contributed by atoms with Gasteiger partial charge in [-0.3, -0.25) is 19.6 Å². The second-order valence-corrected chi connectivity index (χ2v) is 9.84. The van der Waals surface area contributed by atoms with Gasteiger partial charge in [0.05, 0.1) is 23.6 Å². The molecule has 0 atom stereocenters. The van der Waals surface area contributed by atoms with Crippen molar-refractivity contribution in [3.8, 4) is 11.3 Å². The van der Waals surface area contributed by atoms with Gasteiger partial charge in [-0.2, -0.15) is 0 Å². The molecule has 0 bridgehead atoms. The fourth-order valence-electron chi connectivity index (χ4n) is 5.45. The first-order chi connectivity index (χ1) is 17.7. The molecule has 36 heavy (non-hydrogen) atoms. The standard InChI is InChI=1S/C29H29N5O2/c35-27(20-9-12-33(13-10-20)29(36)21-6-2-1-3-7-21)16-24-15-22-14-23(17-31-25(22)18-30-24)26-19-32-28-8-4-5-11-34(26)28/h1-3,6-7,14-15,17-20H,4-5,8-13,16H2. The Kier molecular flexibility index (Phi) is 6.05. The minimum atomic E-state index is -0.0369. The summed E-state index contributed by atoms with van der Waals surface area (Å²) in [6.45, 7) is 2.21. The Morgan fingerprint density at radius 2 is 1.72 bits per heavy atom. The second-order valence-electron chi connectivity index (χ2n) is 9.84. The molecule has 0 aliphatic carbocycles. The monoisotopic (exact) mass is 479 g/mol. The minimum Gasteiger partial charge on any atom is -0.339 e. The SMILES string of the molecule is O=C(Cc1cc2cc(-c3cnc4n3CCCC4)cnc2cn1)C1CCN(C(=O)c2ccccc2)CC1. The first-order valence-corrected chi connectivity index (χ1v) is 12.8. The zero-order valence-electron chi connectivity index (χ0n) is 20.3. The largest absolute Gasteiger partial charge is 0.339 e. The predicted octanol–water partition coefficient (Wildman–Crippen LogP) is 4.49. The normalized spacial score (nSPS) is 16.2. The van der Waals surface area contributed by atoms with Crippen molar-refractivity contribution in [1.29, 1.82) is 0 Å². The number of carbonyl (C=O) groups excluding carboxylic acids is 2. The average molecular weight is 480 g/mol. The Balaban J connectivity index is 1.13. The van der Waals surface area contributed by atoms with Crippen LogP contribution in [0.15, 0.2) is 61.1 Å². The van der Waals surface area contributed by atoms with Crippen LogP contribution in [-0.4, -0.2) is 49.2 Å². The molecule has 4 aromatic rings. The second kappa shape index (κ2) is 9.64. The van der Waals surface area contributed by atoms with Gasteiger partial charge in [0.2, 0.25) is 0 Å². The maximum atomic E-state index is 13.1. The topological polar surface area (TPSA) is 81.0 Å². The molecule has 0 radical (unpaired) electrons. The molecule has 7 heteroatoms. The average Bonchev–Trinajstić information content (AvgIpc) is 3.37. The number of pyridine rings is 2. The summed E-state index contributed by atoms with van der Waals surface area (Å²) in [5, 5.41) is 0.986. The molecule has 182 valence electrons. The van der Waals surface area contributed by atoms with E-state index >= 15 is 0 Å². The summed E-state index contributed by atoms with van der Waals surface area (Å²) in [5.41, 5.74) is 4.44. The highest BCUT2D eigenvalue weighted by Crippen LogP contribution is 2.27. The van der Waals surface area contributed by atoms with Crippen LogP contribution in [0, 0.1) is 5.92 Å². The van der Waals surface area contributed by atoms with Gasteiger partial charge in [-0.05, 0) is 49.9 Å². The van der Waals surface area contributed by atoms with Crippen molar-refractivity contribution in [2.75, 3.05) is 13.1 Å². The molecule has 1 fully saturated rings. The van der Waals surface area contributed by atoms with Crippen LogP contribution in [0.3, 0.4) is 0 Å². The van der Waals surface area contributed by atoms with Gasteiger partial charge in [0.1, 0.15) is 11.6 Å². The molecule has 1 saturated heterocycles. The lowest BCUT2D eigenvalue weighted by molar-refractivity contribution is -0.123. The highest BCUT2D eigenvalue weighted by atomic mass is 16.2. The van der Waals surface area contributed by atoms with Crippen LogP contribution in [0.5, 0.6) is 0 Å². The van der Waals surface area contributed by atoms with Gasteiger partial charge in [-0.15, -0.1) is 0 Å². The number of imidazole rings is 1. The molecule has 7 nitrogen and oxygen atoms in total. The van der Waals surface area contributed by atoms with Crippen molar-refractivity contribution >= 4 is 22.6 Å². The van der Waals surface area contributed by atoms with Crippen molar-refractivity contribution in [1.82, 2.24) is 24.4 Å². The van der Waals surface area contributed by atoms with Gasteiger partial charge >= 0.3 is 0 Å². The summed E-state index contributed by atoms with van der Waals surface area (Å²) in [5.74, 6) is 1.35. The molecule has 1 amide bonds. The van der Waals surface area contributed by atoms with E-state index in [-0.39, 0.29) is 17.6 Å². The first kappa shape index (κ1) is 22.6. The minimum absolute atomic E-state index is 0.0369. The summed E-state index contributed by atoms with van der Waals surface area (Å²) < 4.78 is 2.30. The third-order valence-corrected chi connectivity index (χ3v) is 7.50. The first-order valence-electron chi connectivity index (χ1n) is 12.8. The lowest BCUT2D eigenvalue weighted by atomic mass is 9.90. The Labute approximate surface area is 210 Å². The molecular weight excluding hydrogens is 450 g/mol. The summed E-state index contributed by atoms with van der Waals surface area (Å²) in [4.78, 5) is 41.4.